The molecular weight excluding hydrogens is 410 g/mol. The molecule has 0 fully saturated rings. The SMILES string of the molecule is O=C(Nc1ccc(Sc2ccccc2)cc1)c1cccc(CSc2cnccn2)c1. The molecule has 0 saturated carbocycles. The molecule has 0 spiro atoms. The van der Waals surface area contributed by atoms with Gasteiger partial charge in [0, 0.05) is 39.2 Å². The van der Waals surface area contributed by atoms with E-state index in [4.69, 9.17) is 0 Å². The molecule has 30 heavy (non-hydrogen) atoms. The fourth-order valence-electron chi connectivity index (χ4n) is 2.75. The fraction of sp³-hybridized carbons (Fsp3) is 0.0417. The number of nitrogens with one attached hydrogen (secondary N) is 1. The molecule has 0 atom stereocenters. The first-order chi connectivity index (χ1) is 14.8. The van der Waals surface area contributed by atoms with E-state index in [9.17, 15) is 4.79 Å². The Morgan fingerprint density at radius 3 is 2.43 bits per heavy atom. The second-order valence-corrected chi connectivity index (χ2v) is 8.57. The Morgan fingerprint density at radius 1 is 0.867 bits per heavy atom. The highest BCUT2D eigenvalue weighted by Crippen LogP contribution is 2.28. The fourth-order valence-corrected chi connectivity index (χ4v) is 4.36. The second-order valence-electron chi connectivity index (χ2n) is 6.43. The van der Waals surface area contributed by atoms with Crippen molar-refractivity contribution < 1.29 is 4.79 Å². The minimum atomic E-state index is -0.121. The topological polar surface area (TPSA) is 54.9 Å². The molecule has 3 aromatic carbocycles. The van der Waals surface area contributed by atoms with Gasteiger partial charge in [-0.3, -0.25) is 9.78 Å². The molecule has 0 saturated heterocycles. The van der Waals surface area contributed by atoms with Crippen LogP contribution in [0.4, 0.5) is 5.69 Å². The summed E-state index contributed by atoms with van der Waals surface area (Å²) in [6.07, 6.45) is 5.07. The van der Waals surface area contributed by atoms with E-state index in [1.165, 1.54) is 4.90 Å². The van der Waals surface area contributed by atoms with Gasteiger partial charge in [-0.05, 0) is 54.1 Å². The van der Waals surface area contributed by atoms with Gasteiger partial charge in [0.2, 0.25) is 0 Å². The summed E-state index contributed by atoms with van der Waals surface area (Å²) in [5.74, 6) is 0.607. The van der Waals surface area contributed by atoms with E-state index in [-0.39, 0.29) is 5.91 Å². The number of thioether (sulfide) groups is 1. The van der Waals surface area contributed by atoms with Crippen LogP contribution in [0.5, 0.6) is 0 Å². The summed E-state index contributed by atoms with van der Waals surface area (Å²) in [5, 5.41) is 3.83. The summed E-state index contributed by atoms with van der Waals surface area (Å²) in [7, 11) is 0. The van der Waals surface area contributed by atoms with E-state index in [2.05, 4.69) is 27.4 Å². The molecule has 4 rings (SSSR count). The van der Waals surface area contributed by atoms with Gasteiger partial charge in [-0.1, -0.05) is 42.1 Å². The van der Waals surface area contributed by atoms with Crippen molar-refractivity contribution in [1.29, 1.82) is 0 Å². The number of benzene rings is 3. The van der Waals surface area contributed by atoms with Crippen LogP contribution < -0.4 is 5.32 Å². The number of hydrogen-bond acceptors (Lipinski definition) is 5. The van der Waals surface area contributed by atoms with Gasteiger partial charge in [-0.25, -0.2) is 4.98 Å². The first kappa shape index (κ1) is 20.2. The summed E-state index contributed by atoms with van der Waals surface area (Å²) in [4.78, 5) is 23.3. The summed E-state index contributed by atoms with van der Waals surface area (Å²) < 4.78 is 0. The molecule has 4 aromatic rings. The average Bonchev–Trinajstić information content (AvgIpc) is 2.80. The number of aromatic nitrogens is 2. The van der Waals surface area contributed by atoms with Crippen molar-refractivity contribution in [2.24, 2.45) is 0 Å². The smallest absolute Gasteiger partial charge is 0.255 e. The lowest BCUT2D eigenvalue weighted by Gasteiger charge is -2.08. The number of anilines is 1. The van der Waals surface area contributed by atoms with Crippen molar-refractivity contribution in [3.8, 4) is 0 Å². The molecule has 148 valence electrons. The van der Waals surface area contributed by atoms with E-state index in [1.54, 1.807) is 42.1 Å². The zero-order valence-electron chi connectivity index (χ0n) is 16.1. The van der Waals surface area contributed by atoms with Gasteiger partial charge in [0.15, 0.2) is 0 Å². The Labute approximate surface area is 184 Å². The van der Waals surface area contributed by atoms with Crippen LogP contribution in [0.3, 0.4) is 0 Å². The zero-order valence-corrected chi connectivity index (χ0v) is 17.7. The van der Waals surface area contributed by atoms with E-state index in [0.717, 1.165) is 26.9 Å². The van der Waals surface area contributed by atoms with Gasteiger partial charge in [0.25, 0.3) is 5.91 Å². The van der Waals surface area contributed by atoms with Gasteiger partial charge in [0.05, 0.1) is 6.20 Å². The van der Waals surface area contributed by atoms with Crippen LogP contribution in [-0.4, -0.2) is 15.9 Å². The molecule has 1 amide bonds. The van der Waals surface area contributed by atoms with E-state index >= 15 is 0 Å². The predicted octanol–water partition coefficient (Wildman–Crippen LogP) is 6.17. The first-order valence-electron chi connectivity index (χ1n) is 9.38. The molecule has 1 aromatic heterocycles. The maximum atomic E-state index is 12.7. The molecule has 0 aliphatic heterocycles. The summed E-state index contributed by atoms with van der Waals surface area (Å²) in [6, 6.07) is 25.8. The predicted molar refractivity (Wildman–Crippen MR) is 123 cm³/mol. The van der Waals surface area contributed by atoms with Crippen LogP contribution in [0, 0.1) is 0 Å². The van der Waals surface area contributed by atoms with Gasteiger partial charge in [-0.15, -0.1) is 11.8 Å². The summed E-state index contributed by atoms with van der Waals surface area (Å²) >= 11 is 3.29. The Kier molecular flexibility index (Phi) is 6.79. The molecule has 0 aliphatic carbocycles. The van der Waals surface area contributed by atoms with Crippen molar-refractivity contribution in [2.45, 2.75) is 20.6 Å². The minimum Gasteiger partial charge on any atom is -0.322 e. The molecule has 0 bridgehead atoms. The van der Waals surface area contributed by atoms with Crippen LogP contribution in [0.25, 0.3) is 0 Å². The quantitative estimate of drug-likeness (QED) is 0.356. The number of rotatable bonds is 7. The Morgan fingerprint density at radius 2 is 1.67 bits per heavy atom. The van der Waals surface area contributed by atoms with Crippen molar-refractivity contribution in [3.63, 3.8) is 0 Å². The monoisotopic (exact) mass is 429 g/mol. The Bertz CT molecular complexity index is 1100. The maximum Gasteiger partial charge on any atom is 0.255 e. The highest BCUT2D eigenvalue weighted by Gasteiger charge is 2.08. The average molecular weight is 430 g/mol. The van der Waals surface area contributed by atoms with Crippen LogP contribution in [0.2, 0.25) is 0 Å². The third kappa shape index (κ3) is 5.72. The second kappa shape index (κ2) is 10.1. The highest BCUT2D eigenvalue weighted by atomic mass is 32.2. The standard InChI is InChI=1S/C24H19N3OS2/c28-24(19-6-4-5-18(15-19)17-29-23-16-25-13-14-26-23)27-20-9-11-22(12-10-20)30-21-7-2-1-3-8-21/h1-16H,17H2,(H,27,28). The lowest BCUT2D eigenvalue weighted by Crippen LogP contribution is -2.12. The number of carbonyl (C=O) groups excluding carboxylic acids is 1. The Hall–Kier alpha value is -3.09. The third-order valence-electron chi connectivity index (χ3n) is 4.21. The molecule has 6 heteroatoms. The van der Waals surface area contributed by atoms with E-state index in [1.807, 2.05) is 66.7 Å². The molecule has 4 nitrogen and oxygen atoms in total. The molecule has 1 heterocycles. The van der Waals surface area contributed by atoms with Crippen molar-refractivity contribution >= 4 is 35.1 Å². The molecule has 1 N–H and O–H groups in total. The largest absolute Gasteiger partial charge is 0.322 e. The molecule has 0 unspecified atom stereocenters. The van der Waals surface area contributed by atoms with Crippen LogP contribution in [0.15, 0.2) is 112 Å². The van der Waals surface area contributed by atoms with Crippen molar-refractivity contribution in [3.05, 3.63) is 109 Å². The lowest BCUT2D eigenvalue weighted by molar-refractivity contribution is 0.102. The maximum absolute atomic E-state index is 12.7. The Balaban J connectivity index is 1.36. The molecule has 0 radical (unpaired) electrons. The summed E-state index contributed by atoms with van der Waals surface area (Å²) in [6.45, 7) is 0. The third-order valence-corrected chi connectivity index (χ3v) is 6.21. The summed E-state index contributed by atoms with van der Waals surface area (Å²) in [5.41, 5.74) is 2.47. The number of nitrogens with zero attached hydrogens (tertiary/aromatic N) is 2. The number of amides is 1. The van der Waals surface area contributed by atoms with Crippen LogP contribution >= 0.6 is 23.5 Å². The normalized spacial score (nSPS) is 10.5. The van der Waals surface area contributed by atoms with Crippen molar-refractivity contribution in [1.82, 2.24) is 9.97 Å². The highest BCUT2D eigenvalue weighted by molar-refractivity contribution is 7.99. The van der Waals surface area contributed by atoms with Crippen LogP contribution in [-0.2, 0) is 5.75 Å². The number of carbonyl (C=O) groups is 1. The first-order valence-corrected chi connectivity index (χ1v) is 11.2. The van der Waals surface area contributed by atoms with E-state index < -0.39 is 0 Å². The molecular formula is C24H19N3OS2. The van der Waals surface area contributed by atoms with Gasteiger partial charge >= 0.3 is 0 Å². The van der Waals surface area contributed by atoms with Crippen molar-refractivity contribution in [2.75, 3.05) is 5.32 Å². The van der Waals surface area contributed by atoms with Gasteiger partial charge in [0.1, 0.15) is 5.03 Å². The number of hydrogen-bond donors (Lipinski definition) is 1. The van der Waals surface area contributed by atoms with Crippen LogP contribution in [0.1, 0.15) is 15.9 Å². The van der Waals surface area contributed by atoms with E-state index in [0.29, 0.717) is 5.56 Å². The lowest BCUT2D eigenvalue weighted by atomic mass is 10.1. The molecule has 0 aliphatic rings. The van der Waals surface area contributed by atoms with Gasteiger partial charge < -0.3 is 5.32 Å². The van der Waals surface area contributed by atoms with Gasteiger partial charge in [-0.2, -0.15) is 0 Å². The zero-order chi connectivity index (χ0) is 20.6. The minimum absolute atomic E-state index is 0.121.